The zero-order chi connectivity index (χ0) is 18.9. The largest absolute Gasteiger partial charge is 0.416 e. The Labute approximate surface area is 150 Å². The van der Waals surface area contributed by atoms with Gasteiger partial charge >= 0.3 is 6.18 Å². The van der Waals surface area contributed by atoms with Crippen LogP contribution in [0.2, 0.25) is 5.02 Å². The van der Waals surface area contributed by atoms with Crippen LogP contribution in [0.4, 0.5) is 19.0 Å². The normalized spacial score (nSPS) is 12.2. The van der Waals surface area contributed by atoms with Gasteiger partial charge in [-0.2, -0.15) is 13.2 Å². The van der Waals surface area contributed by atoms with E-state index < -0.39 is 21.8 Å². The number of nitrogens with zero attached hydrogens (tertiary/aromatic N) is 2. The first-order valence-electron chi connectivity index (χ1n) is 6.95. The number of halogens is 4. The van der Waals surface area contributed by atoms with Crippen LogP contribution >= 0.6 is 11.6 Å². The summed E-state index contributed by atoms with van der Waals surface area (Å²) in [5, 5.41) is 7.60. The molecule has 6 nitrogen and oxygen atoms in total. The van der Waals surface area contributed by atoms with Gasteiger partial charge in [-0.3, -0.25) is 4.72 Å². The first kappa shape index (κ1) is 18.2. The molecule has 0 aliphatic heterocycles. The molecule has 26 heavy (non-hydrogen) atoms. The Morgan fingerprint density at radius 3 is 2.15 bits per heavy atom. The van der Waals surface area contributed by atoms with Crippen molar-refractivity contribution in [2.75, 3.05) is 4.72 Å². The maximum absolute atomic E-state index is 12.6. The topological polar surface area (TPSA) is 85.1 Å². The van der Waals surface area contributed by atoms with Crippen LogP contribution in [0.1, 0.15) is 5.56 Å². The third kappa shape index (κ3) is 3.81. The van der Waals surface area contributed by atoms with Gasteiger partial charge < -0.3 is 0 Å². The van der Waals surface area contributed by atoms with Gasteiger partial charge in [-0.25, -0.2) is 13.0 Å². The van der Waals surface area contributed by atoms with E-state index in [9.17, 15) is 21.6 Å². The molecule has 0 saturated heterocycles. The maximum atomic E-state index is 12.6. The number of rotatable bonds is 4. The minimum absolute atomic E-state index is 0.108. The van der Waals surface area contributed by atoms with Gasteiger partial charge in [-0.05, 0) is 46.7 Å². The van der Waals surface area contributed by atoms with Crippen LogP contribution < -0.4 is 4.72 Å². The number of hydrogen-bond donors (Lipinski definition) is 1. The standard InChI is InChI=1S/C15H9ClF3N3O3S/c16-11-5-1-9(2-6-11)13-14(21-25-20-13)22-26(23,24)12-7-3-10(4-8-12)15(17,18)19/h1-8H,(H,21,22). The molecule has 11 heteroatoms. The van der Waals surface area contributed by atoms with E-state index in [1.165, 1.54) is 0 Å². The summed E-state index contributed by atoms with van der Waals surface area (Å²) in [5.41, 5.74) is -0.362. The second-order valence-corrected chi connectivity index (χ2v) is 7.21. The summed E-state index contributed by atoms with van der Waals surface area (Å²) < 4.78 is 69.2. The van der Waals surface area contributed by atoms with E-state index in [2.05, 4.69) is 19.7 Å². The average molecular weight is 404 g/mol. The summed E-state index contributed by atoms with van der Waals surface area (Å²) in [5.74, 6) is -0.202. The van der Waals surface area contributed by atoms with Crippen molar-refractivity contribution in [3.05, 3.63) is 59.1 Å². The number of aromatic nitrogens is 2. The first-order valence-corrected chi connectivity index (χ1v) is 8.81. The summed E-state index contributed by atoms with van der Waals surface area (Å²) in [6.45, 7) is 0. The van der Waals surface area contributed by atoms with Gasteiger partial charge in [-0.1, -0.05) is 23.7 Å². The lowest BCUT2D eigenvalue weighted by molar-refractivity contribution is -0.137. The van der Waals surface area contributed by atoms with Crippen LogP contribution in [0, 0.1) is 0 Å². The number of hydrogen-bond acceptors (Lipinski definition) is 5. The lowest BCUT2D eigenvalue weighted by atomic mass is 10.1. The van der Waals surface area contributed by atoms with Gasteiger partial charge in [0.2, 0.25) is 5.82 Å². The maximum Gasteiger partial charge on any atom is 0.416 e. The van der Waals surface area contributed by atoms with Crippen molar-refractivity contribution in [3.63, 3.8) is 0 Å². The molecular weight excluding hydrogens is 395 g/mol. The van der Waals surface area contributed by atoms with Gasteiger partial charge in [-0.15, -0.1) is 0 Å². The zero-order valence-electron chi connectivity index (χ0n) is 12.7. The van der Waals surface area contributed by atoms with Crippen molar-refractivity contribution in [1.29, 1.82) is 0 Å². The number of benzene rings is 2. The van der Waals surface area contributed by atoms with E-state index in [1.807, 2.05) is 0 Å². The van der Waals surface area contributed by atoms with Gasteiger partial charge in [0, 0.05) is 10.6 Å². The van der Waals surface area contributed by atoms with E-state index in [1.54, 1.807) is 24.3 Å². The van der Waals surface area contributed by atoms with Gasteiger partial charge in [0.25, 0.3) is 10.0 Å². The smallest absolute Gasteiger partial charge is 0.259 e. The Morgan fingerprint density at radius 1 is 0.962 bits per heavy atom. The summed E-state index contributed by atoms with van der Waals surface area (Å²) >= 11 is 5.79. The lowest BCUT2D eigenvalue weighted by Gasteiger charge is -2.09. The average Bonchev–Trinajstić information content (AvgIpc) is 3.02. The Balaban J connectivity index is 1.89. The second-order valence-electron chi connectivity index (χ2n) is 5.10. The van der Waals surface area contributed by atoms with Gasteiger partial charge in [0.1, 0.15) is 0 Å². The van der Waals surface area contributed by atoms with Crippen molar-refractivity contribution in [2.24, 2.45) is 0 Å². The molecule has 0 atom stereocenters. The van der Waals surface area contributed by atoms with E-state index in [4.69, 9.17) is 11.6 Å². The third-order valence-corrected chi connectivity index (χ3v) is 4.94. The molecular formula is C15H9ClF3N3O3S. The third-order valence-electron chi connectivity index (χ3n) is 3.33. The van der Waals surface area contributed by atoms with Crippen LogP contribution in [-0.2, 0) is 16.2 Å². The highest BCUT2D eigenvalue weighted by molar-refractivity contribution is 7.92. The molecule has 1 N–H and O–H groups in total. The lowest BCUT2D eigenvalue weighted by Crippen LogP contribution is -2.14. The second kappa shape index (κ2) is 6.61. The fourth-order valence-corrected chi connectivity index (χ4v) is 3.19. The number of nitrogens with one attached hydrogen (secondary N) is 1. The predicted octanol–water partition coefficient (Wildman–Crippen LogP) is 4.21. The van der Waals surface area contributed by atoms with Crippen molar-refractivity contribution in [1.82, 2.24) is 10.3 Å². The van der Waals surface area contributed by atoms with Crippen LogP contribution in [0.3, 0.4) is 0 Å². The molecule has 0 fully saturated rings. The van der Waals surface area contributed by atoms with E-state index in [-0.39, 0.29) is 16.4 Å². The SMILES string of the molecule is O=S(=O)(Nc1nonc1-c1ccc(Cl)cc1)c1ccc(C(F)(F)F)cc1. The van der Waals surface area contributed by atoms with Crippen LogP contribution in [0.5, 0.6) is 0 Å². The van der Waals surface area contributed by atoms with Crippen LogP contribution in [0.15, 0.2) is 58.1 Å². The molecule has 1 aromatic heterocycles. The Kier molecular flexibility index (Phi) is 4.63. The van der Waals surface area contributed by atoms with E-state index in [0.29, 0.717) is 22.7 Å². The summed E-state index contributed by atoms with van der Waals surface area (Å²) in [7, 11) is -4.19. The van der Waals surface area contributed by atoms with Crippen molar-refractivity contribution in [2.45, 2.75) is 11.1 Å². The first-order chi connectivity index (χ1) is 12.2. The van der Waals surface area contributed by atoms with Gasteiger partial charge in [0.15, 0.2) is 5.69 Å². The predicted molar refractivity (Wildman–Crippen MR) is 87.0 cm³/mol. The molecule has 3 rings (SSSR count). The van der Waals surface area contributed by atoms with Crippen LogP contribution in [-0.4, -0.2) is 18.7 Å². The molecule has 1 heterocycles. The minimum atomic E-state index is -4.56. The summed E-state index contributed by atoms with van der Waals surface area (Å²) in [6.07, 6.45) is -4.56. The highest BCUT2D eigenvalue weighted by atomic mass is 35.5. The molecule has 0 bridgehead atoms. The number of sulfonamides is 1. The van der Waals surface area contributed by atoms with Crippen LogP contribution in [0.25, 0.3) is 11.3 Å². The molecule has 0 unspecified atom stereocenters. The van der Waals surface area contributed by atoms with Gasteiger partial charge in [0.05, 0.1) is 10.5 Å². The highest BCUT2D eigenvalue weighted by Crippen LogP contribution is 2.31. The number of alkyl halides is 3. The summed E-state index contributed by atoms with van der Waals surface area (Å²) in [6, 6.07) is 9.35. The Hall–Kier alpha value is -2.59. The van der Waals surface area contributed by atoms with E-state index >= 15 is 0 Å². The molecule has 0 aliphatic carbocycles. The van der Waals surface area contributed by atoms with E-state index in [0.717, 1.165) is 12.1 Å². The molecule has 2 aromatic carbocycles. The Bertz CT molecular complexity index is 1020. The fraction of sp³-hybridized carbons (Fsp3) is 0.0667. The molecule has 0 radical (unpaired) electrons. The molecule has 0 saturated carbocycles. The molecule has 3 aromatic rings. The minimum Gasteiger partial charge on any atom is -0.259 e. The molecule has 0 spiro atoms. The monoisotopic (exact) mass is 403 g/mol. The Morgan fingerprint density at radius 2 is 1.58 bits per heavy atom. The van der Waals surface area contributed by atoms with Crippen molar-refractivity contribution < 1.29 is 26.2 Å². The van der Waals surface area contributed by atoms with Crippen molar-refractivity contribution in [3.8, 4) is 11.3 Å². The molecule has 0 aliphatic rings. The molecule has 136 valence electrons. The quantitative estimate of drug-likeness (QED) is 0.705. The zero-order valence-corrected chi connectivity index (χ0v) is 14.2. The number of anilines is 1. The molecule has 0 amide bonds. The van der Waals surface area contributed by atoms with Crippen molar-refractivity contribution >= 4 is 27.4 Å². The summed E-state index contributed by atoms with van der Waals surface area (Å²) in [4.78, 5) is -0.365. The highest BCUT2D eigenvalue weighted by Gasteiger charge is 2.31. The fourth-order valence-electron chi connectivity index (χ4n) is 2.06.